The van der Waals surface area contributed by atoms with Gasteiger partial charge in [-0.3, -0.25) is 0 Å². The van der Waals surface area contributed by atoms with Crippen LogP contribution >= 0.6 is 0 Å². The van der Waals surface area contributed by atoms with Crippen LogP contribution in [-0.4, -0.2) is 29.1 Å². The number of hydrogen-bond acceptors (Lipinski definition) is 4. The molecule has 4 nitrogen and oxygen atoms in total. The zero-order valence-electron chi connectivity index (χ0n) is 10.8. The summed E-state index contributed by atoms with van der Waals surface area (Å²) < 4.78 is 0. The summed E-state index contributed by atoms with van der Waals surface area (Å²) in [5.74, 6) is 1.52. The van der Waals surface area contributed by atoms with E-state index in [1.54, 1.807) is 6.33 Å². The minimum atomic E-state index is 0.451. The van der Waals surface area contributed by atoms with Gasteiger partial charge in [0.2, 0.25) is 0 Å². The van der Waals surface area contributed by atoms with Gasteiger partial charge in [0.05, 0.1) is 0 Å². The molecule has 94 valence electrons. The van der Waals surface area contributed by atoms with E-state index in [4.69, 9.17) is 5.73 Å². The highest BCUT2D eigenvalue weighted by molar-refractivity contribution is 5.42. The van der Waals surface area contributed by atoms with Gasteiger partial charge >= 0.3 is 0 Å². The molecule has 17 heavy (non-hydrogen) atoms. The minimum Gasteiger partial charge on any atom is -0.353 e. The molecule has 0 aromatic carbocycles. The number of nitrogens with two attached hydrogens (primary N) is 1. The Morgan fingerprint density at radius 1 is 1.41 bits per heavy atom. The Hall–Kier alpha value is -1.16. The lowest BCUT2D eigenvalue weighted by atomic mass is 10.1. The van der Waals surface area contributed by atoms with Gasteiger partial charge in [-0.2, -0.15) is 0 Å². The van der Waals surface area contributed by atoms with Crippen molar-refractivity contribution < 1.29 is 0 Å². The van der Waals surface area contributed by atoms with Crippen LogP contribution in [0.3, 0.4) is 0 Å². The first kappa shape index (κ1) is 12.3. The molecule has 0 unspecified atom stereocenters. The smallest absolute Gasteiger partial charge is 0.132 e. The summed E-state index contributed by atoms with van der Waals surface area (Å²) >= 11 is 0. The highest BCUT2D eigenvalue weighted by atomic mass is 15.2. The van der Waals surface area contributed by atoms with Crippen LogP contribution < -0.4 is 10.6 Å². The normalized spacial score (nSPS) is 15.3. The molecule has 4 heteroatoms. The summed E-state index contributed by atoms with van der Waals surface area (Å²) in [4.78, 5) is 11.1. The molecule has 1 aliphatic carbocycles. The van der Waals surface area contributed by atoms with E-state index in [1.807, 2.05) is 0 Å². The summed E-state index contributed by atoms with van der Waals surface area (Å²) in [5.41, 5.74) is 6.71. The van der Waals surface area contributed by atoms with Gasteiger partial charge in [-0.15, -0.1) is 0 Å². The number of nitrogens with zero attached hydrogens (tertiary/aromatic N) is 3. The summed E-state index contributed by atoms with van der Waals surface area (Å²) in [6, 6.07) is 2.80. The van der Waals surface area contributed by atoms with E-state index in [1.165, 1.54) is 12.8 Å². The first-order valence-electron chi connectivity index (χ1n) is 6.51. The third-order valence-electron chi connectivity index (χ3n) is 3.15. The Bertz CT molecular complexity index is 360. The van der Waals surface area contributed by atoms with Crippen molar-refractivity contribution in [2.75, 3.05) is 18.0 Å². The lowest BCUT2D eigenvalue weighted by Crippen LogP contribution is -2.29. The lowest BCUT2D eigenvalue weighted by Gasteiger charge is -2.23. The molecule has 1 aromatic rings. The van der Waals surface area contributed by atoms with E-state index in [-0.39, 0.29) is 0 Å². The van der Waals surface area contributed by atoms with Crippen LogP contribution in [0.1, 0.15) is 44.7 Å². The van der Waals surface area contributed by atoms with Crippen LogP contribution in [0.2, 0.25) is 0 Å². The van der Waals surface area contributed by atoms with Crippen molar-refractivity contribution in [2.45, 2.75) is 45.1 Å². The maximum absolute atomic E-state index is 5.59. The molecule has 0 saturated heterocycles. The zero-order chi connectivity index (χ0) is 12.3. The maximum atomic E-state index is 5.59. The zero-order valence-corrected chi connectivity index (χ0v) is 10.8. The molecule has 1 saturated carbocycles. The lowest BCUT2D eigenvalue weighted by molar-refractivity contribution is 0.715. The fourth-order valence-electron chi connectivity index (χ4n) is 1.97. The largest absolute Gasteiger partial charge is 0.353 e. The van der Waals surface area contributed by atoms with Gasteiger partial charge in [0.15, 0.2) is 0 Å². The molecular formula is C13H22N4. The van der Waals surface area contributed by atoms with Gasteiger partial charge in [-0.05, 0) is 31.7 Å². The standard InChI is InChI=1S/C13H22N4/c1-10(2)12-8-13(16-9-15-12)17(7-3-6-14)11-4-5-11/h8-11H,3-7,14H2,1-2H3. The van der Waals surface area contributed by atoms with Crippen LogP contribution in [-0.2, 0) is 0 Å². The highest BCUT2D eigenvalue weighted by Crippen LogP contribution is 2.31. The third-order valence-corrected chi connectivity index (χ3v) is 3.15. The van der Waals surface area contributed by atoms with Crippen molar-refractivity contribution in [1.29, 1.82) is 0 Å². The van der Waals surface area contributed by atoms with E-state index >= 15 is 0 Å². The van der Waals surface area contributed by atoms with Crippen LogP contribution in [0, 0.1) is 0 Å². The van der Waals surface area contributed by atoms with Gasteiger partial charge < -0.3 is 10.6 Å². The molecule has 1 aromatic heterocycles. The molecule has 0 spiro atoms. The van der Waals surface area contributed by atoms with E-state index in [0.717, 1.165) is 31.0 Å². The predicted molar refractivity (Wildman–Crippen MR) is 70.2 cm³/mol. The molecule has 0 aliphatic heterocycles. The second-order valence-corrected chi connectivity index (χ2v) is 5.02. The van der Waals surface area contributed by atoms with Crippen molar-refractivity contribution >= 4 is 5.82 Å². The van der Waals surface area contributed by atoms with Crippen molar-refractivity contribution in [1.82, 2.24) is 9.97 Å². The van der Waals surface area contributed by atoms with Gasteiger partial charge in [-0.1, -0.05) is 13.8 Å². The molecule has 0 atom stereocenters. The van der Waals surface area contributed by atoms with Crippen molar-refractivity contribution in [3.8, 4) is 0 Å². The highest BCUT2D eigenvalue weighted by Gasteiger charge is 2.29. The first-order valence-corrected chi connectivity index (χ1v) is 6.51. The fourth-order valence-corrected chi connectivity index (χ4v) is 1.97. The SMILES string of the molecule is CC(C)c1cc(N(CCCN)C2CC2)ncn1. The monoisotopic (exact) mass is 234 g/mol. The van der Waals surface area contributed by atoms with Gasteiger partial charge in [-0.25, -0.2) is 9.97 Å². The van der Waals surface area contributed by atoms with Crippen LogP contribution in [0.25, 0.3) is 0 Å². The third kappa shape index (κ3) is 3.16. The summed E-state index contributed by atoms with van der Waals surface area (Å²) in [7, 11) is 0. The van der Waals surface area contributed by atoms with Crippen molar-refractivity contribution in [2.24, 2.45) is 5.73 Å². The predicted octanol–water partition coefficient (Wildman–Crippen LogP) is 1.92. The van der Waals surface area contributed by atoms with Crippen LogP contribution in [0.4, 0.5) is 5.82 Å². The van der Waals surface area contributed by atoms with Crippen LogP contribution in [0.15, 0.2) is 12.4 Å². The second kappa shape index (κ2) is 5.45. The molecule has 0 radical (unpaired) electrons. The Labute approximate surface area is 103 Å². The summed E-state index contributed by atoms with van der Waals surface area (Å²) in [5, 5.41) is 0. The molecule has 2 rings (SSSR count). The molecular weight excluding hydrogens is 212 g/mol. The Balaban J connectivity index is 2.14. The summed E-state index contributed by atoms with van der Waals surface area (Å²) in [6.07, 6.45) is 5.27. The molecule has 2 N–H and O–H groups in total. The quantitative estimate of drug-likeness (QED) is 0.817. The average molecular weight is 234 g/mol. The second-order valence-electron chi connectivity index (χ2n) is 5.02. The van der Waals surface area contributed by atoms with E-state index < -0.39 is 0 Å². The number of aromatic nitrogens is 2. The van der Waals surface area contributed by atoms with Crippen molar-refractivity contribution in [3.63, 3.8) is 0 Å². The average Bonchev–Trinajstić information content (AvgIpc) is 3.14. The van der Waals surface area contributed by atoms with Crippen LogP contribution in [0.5, 0.6) is 0 Å². The van der Waals surface area contributed by atoms with E-state index in [0.29, 0.717) is 12.0 Å². The Morgan fingerprint density at radius 2 is 2.18 bits per heavy atom. The molecule has 0 amide bonds. The topological polar surface area (TPSA) is 55.0 Å². The number of hydrogen-bond donors (Lipinski definition) is 1. The summed E-state index contributed by atoms with van der Waals surface area (Å²) in [6.45, 7) is 6.07. The Kier molecular flexibility index (Phi) is 3.94. The maximum Gasteiger partial charge on any atom is 0.132 e. The fraction of sp³-hybridized carbons (Fsp3) is 0.692. The van der Waals surface area contributed by atoms with Gasteiger partial charge in [0.25, 0.3) is 0 Å². The number of rotatable bonds is 6. The van der Waals surface area contributed by atoms with Gasteiger partial charge in [0.1, 0.15) is 12.1 Å². The number of anilines is 1. The Morgan fingerprint density at radius 3 is 2.76 bits per heavy atom. The molecule has 1 fully saturated rings. The molecule has 1 aliphatic rings. The molecule has 0 bridgehead atoms. The van der Waals surface area contributed by atoms with E-state index in [9.17, 15) is 0 Å². The first-order chi connectivity index (χ1) is 8.22. The van der Waals surface area contributed by atoms with Gasteiger partial charge in [0, 0.05) is 24.3 Å². The van der Waals surface area contributed by atoms with Crippen molar-refractivity contribution in [3.05, 3.63) is 18.1 Å². The minimum absolute atomic E-state index is 0.451. The molecule has 1 heterocycles. The van der Waals surface area contributed by atoms with E-state index in [2.05, 4.69) is 34.8 Å².